The maximum Gasteiger partial charge on any atom is 0.262 e. The summed E-state index contributed by atoms with van der Waals surface area (Å²) in [7, 11) is 1.56. The molecule has 0 heterocycles. The third-order valence-corrected chi connectivity index (χ3v) is 5.10. The Hall–Kier alpha value is -4.32. The number of carbonyl (C=O) groups is 2. The lowest BCUT2D eigenvalue weighted by molar-refractivity contribution is -0.118. The van der Waals surface area contributed by atoms with E-state index in [2.05, 4.69) is 10.6 Å². The molecule has 0 fully saturated rings. The lowest BCUT2D eigenvalue weighted by atomic mass is 10.1. The van der Waals surface area contributed by atoms with Crippen molar-refractivity contribution >= 4 is 28.3 Å². The van der Waals surface area contributed by atoms with Gasteiger partial charge in [0, 0.05) is 18.3 Å². The zero-order valence-corrected chi connectivity index (χ0v) is 18.2. The average Bonchev–Trinajstić information content (AvgIpc) is 2.86. The van der Waals surface area contributed by atoms with Gasteiger partial charge in [0.05, 0.1) is 12.7 Å². The second-order valence-electron chi connectivity index (χ2n) is 7.43. The lowest BCUT2D eigenvalue weighted by Crippen LogP contribution is -2.25. The molecule has 166 valence electrons. The van der Waals surface area contributed by atoms with Crippen molar-refractivity contribution in [3.63, 3.8) is 0 Å². The predicted molar refractivity (Wildman–Crippen MR) is 129 cm³/mol. The Kier molecular flexibility index (Phi) is 6.85. The number of amides is 2. The summed E-state index contributed by atoms with van der Waals surface area (Å²) in [6.07, 6.45) is 0. The van der Waals surface area contributed by atoms with Gasteiger partial charge in [0.25, 0.3) is 11.8 Å². The van der Waals surface area contributed by atoms with Gasteiger partial charge in [0.2, 0.25) is 0 Å². The van der Waals surface area contributed by atoms with Crippen LogP contribution in [0.1, 0.15) is 15.9 Å². The molecule has 2 N–H and O–H groups in total. The molecule has 6 heteroatoms. The van der Waals surface area contributed by atoms with Crippen LogP contribution in [0.15, 0.2) is 91.0 Å². The molecule has 0 unspecified atom stereocenters. The number of hydrogen-bond acceptors (Lipinski definition) is 4. The Bertz CT molecular complexity index is 1270. The summed E-state index contributed by atoms with van der Waals surface area (Å²) in [4.78, 5) is 25.4. The van der Waals surface area contributed by atoms with Crippen LogP contribution in [0.5, 0.6) is 11.5 Å². The number of hydrogen-bond donors (Lipinski definition) is 2. The van der Waals surface area contributed by atoms with Crippen LogP contribution >= 0.6 is 0 Å². The third kappa shape index (κ3) is 5.68. The molecule has 33 heavy (non-hydrogen) atoms. The van der Waals surface area contributed by atoms with Crippen LogP contribution in [-0.4, -0.2) is 25.5 Å². The molecule has 6 nitrogen and oxygen atoms in total. The Morgan fingerprint density at radius 1 is 0.818 bits per heavy atom. The summed E-state index contributed by atoms with van der Waals surface area (Å²) >= 11 is 0. The van der Waals surface area contributed by atoms with E-state index in [1.165, 1.54) is 0 Å². The largest absolute Gasteiger partial charge is 0.497 e. The molecular weight excluding hydrogens is 416 g/mol. The number of carbonyl (C=O) groups excluding carboxylic acids is 2. The van der Waals surface area contributed by atoms with Crippen LogP contribution in [0.2, 0.25) is 0 Å². The molecule has 0 saturated carbocycles. The van der Waals surface area contributed by atoms with E-state index in [0.29, 0.717) is 29.3 Å². The maximum atomic E-state index is 13.0. The van der Waals surface area contributed by atoms with Gasteiger partial charge >= 0.3 is 0 Å². The van der Waals surface area contributed by atoms with Crippen molar-refractivity contribution in [1.82, 2.24) is 5.32 Å². The highest BCUT2D eigenvalue weighted by Crippen LogP contribution is 2.26. The van der Waals surface area contributed by atoms with Gasteiger partial charge in [-0.2, -0.15) is 0 Å². The first-order valence-electron chi connectivity index (χ1n) is 10.5. The Morgan fingerprint density at radius 2 is 1.55 bits per heavy atom. The van der Waals surface area contributed by atoms with Crippen LogP contribution in [0.25, 0.3) is 10.8 Å². The summed E-state index contributed by atoms with van der Waals surface area (Å²) < 4.78 is 11.0. The first-order chi connectivity index (χ1) is 16.1. The highest BCUT2D eigenvalue weighted by atomic mass is 16.5. The minimum absolute atomic E-state index is 0.242. The smallest absolute Gasteiger partial charge is 0.262 e. The fourth-order valence-corrected chi connectivity index (χ4v) is 3.43. The molecule has 0 spiro atoms. The van der Waals surface area contributed by atoms with E-state index in [1.54, 1.807) is 43.5 Å². The first kappa shape index (κ1) is 21.9. The van der Waals surface area contributed by atoms with E-state index in [4.69, 9.17) is 9.47 Å². The molecule has 4 aromatic rings. The first-order valence-corrected chi connectivity index (χ1v) is 10.5. The van der Waals surface area contributed by atoms with Crippen LogP contribution in [0.3, 0.4) is 0 Å². The van der Waals surface area contributed by atoms with Gasteiger partial charge in [-0.25, -0.2) is 0 Å². The van der Waals surface area contributed by atoms with Crippen molar-refractivity contribution in [2.75, 3.05) is 19.0 Å². The van der Waals surface area contributed by atoms with Crippen LogP contribution in [0, 0.1) is 0 Å². The summed E-state index contributed by atoms with van der Waals surface area (Å²) in [5.74, 6) is 0.376. The minimum Gasteiger partial charge on any atom is -0.497 e. The normalized spacial score (nSPS) is 10.5. The number of nitrogens with one attached hydrogen (secondary N) is 2. The van der Waals surface area contributed by atoms with Gasteiger partial charge in [-0.15, -0.1) is 0 Å². The van der Waals surface area contributed by atoms with Crippen LogP contribution in [0.4, 0.5) is 5.69 Å². The van der Waals surface area contributed by atoms with Gasteiger partial charge in [0.1, 0.15) is 11.5 Å². The van der Waals surface area contributed by atoms with Crippen molar-refractivity contribution in [1.29, 1.82) is 0 Å². The number of benzene rings is 4. The average molecular weight is 440 g/mol. The Morgan fingerprint density at radius 3 is 2.30 bits per heavy atom. The molecule has 0 bridgehead atoms. The van der Waals surface area contributed by atoms with Crippen LogP contribution < -0.4 is 20.1 Å². The Labute approximate surface area is 192 Å². The molecule has 0 aromatic heterocycles. The zero-order valence-electron chi connectivity index (χ0n) is 18.2. The lowest BCUT2D eigenvalue weighted by Gasteiger charge is -2.14. The summed E-state index contributed by atoms with van der Waals surface area (Å²) in [6, 6.07) is 28.0. The third-order valence-electron chi connectivity index (χ3n) is 5.10. The van der Waals surface area contributed by atoms with E-state index in [1.807, 2.05) is 54.6 Å². The van der Waals surface area contributed by atoms with Crippen molar-refractivity contribution < 1.29 is 19.1 Å². The summed E-state index contributed by atoms with van der Waals surface area (Å²) in [5.41, 5.74) is 1.97. The molecule has 0 saturated heterocycles. The summed E-state index contributed by atoms with van der Waals surface area (Å²) in [6.45, 7) is 0.150. The van der Waals surface area contributed by atoms with Gasteiger partial charge in [-0.3, -0.25) is 9.59 Å². The van der Waals surface area contributed by atoms with Crippen molar-refractivity contribution in [2.45, 2.75) is 6.54 Å². The zero-order chi connectivity index (χ0) is 23.0. The van der Waals surface area contributed by atoms with E-state index in [9.17, 15) is 9.59 Å². The molecule has 4 rings (SSSR count). The molecule has 0 aliphatic rings. The molecule has 0 atom stereocenters. The van der Waals surface area contributed by atoms with Crippen LogP contribution in [-0.2, 0) is 11.3 Å². The Balaban J connectivity index is 1.50. The quantitative estimate of drug-likeness (QED) is 0.413. The topological polar surface area (TPSA) is 76.7 Å². The van der Waals surface area contributed by atoms with E-state index >= 15 is 0 Å². The molecule has 2 amide bonds. The van der Waals surface area contributed by atoms with E-state index < -0.39 is 0 Å². The van der Waals surface area contributed by atoms with Crippen molar-refractivity contribution in [3.8, 4) is 11.5 Å². The second kappa shape index (κ2) is 10.3. The highest BCUT2D eigenvalue weighted by Gasteiger charge is 2.16. The minimum atomic E-state index is -0.341. The van der Waals surface area contributed by atoms with Gasteiger partial charge in [-0.05, 0) is 40.6 Å². The fraction of sp³-hybridized carbons (Fsp3) is 0.111. The number of fused-ring (bicyclic) bond motifs is 1. The van der Waals surface area contributed by atoms with Gasteiger partial charge in [-0.1, -0.05) is 60.7 Å². The van der Waals surface area contributed by atoms with Gasteiger partial charge < -0.3 is 20.1 Å². The van der Waals surface area contributed by atoms with E-state index in [0.717, 1.165) is 16.3 Å². The second-order valence-corrected chi connectivity index (χ2v) is 7.43. The van der Waals surface area contributed by atoms with Crippen molar-refractivity contribution in [3.05, 3.63) is 102 Å². The highest BCUT2D eigenvalue weighted by molar-refractivity contribution is 6.02. The number of ether oxygens (including phenoxy) is 2. The van der Waals surface area contributed by atoms with Crippen molar-refractivity contribution in [2.24, 2.45) is 0 Å². The number of methoxy groups -OCH3 is 1. The summed E-state index contributed by atoms with van der Waals surface area (Å²) in [5, 5.41) is 7.53. The molecule has 0 radical (unpaired) electrons. The molecule has 0 aliphatic carbocycles. The predicted octanol–water partition coefficient (Wildman–Crippen LogP) is 4.80. The number of anilines is 1. The molecule has 0 aliphatic heterocycles. The fourth-order valence-electron chi connectivity index (χ4n) is 3.43. The monoisotopic (exact) mass is 440 g/mol. The standard InChI is InChI=1S/C27H24N2O4/c1-32-23-13-7-12-22(16-23)29-26(30)18-33-25-15-21-11-6-5-10-20(21)14-24(25)27(31)28-17-19-8-3-2-4-9-19/h2-16H,17-18H2,1H3,(H,28,31)(H,29,30). The maximum absolute atomic E-state index is 13.0. The SMILES string of the molecule is COc1cccc(NC(=O)COc2cc3ccccc3cc2C(=O)NCc2ccccc2)c1. The number of rotatable bonds is 8. The van der Waals surface area contributed by atoms with E-state index in [-0.39, 0.29) is 18.4 Å². The molecule has 4 aromatic carbocycles. The molecular formula is C27H24N2O4. The van der Waals surface area contributed by atoms with Gasteiger partial charge in [0.15, 0.2) is 6.61 Å².